The first kappa shape index (κ1) is 16.4. The zero-order valence-electron chi connectivity index (χ0n) is 12.3. The maximum atomic E-state index is 12.2. The number of carbonyl (C=O) groups excluding carboxylic acids is 1. The number of amides is 1. The van der Waals surface area contributed by atoms with Gasteiger partial charge in [0.1, 0.15) is 5.76 Å². The van der Waals surface area contributed by atoms with Crippen LogP contribution in [0.1, 0.15) is 21.8 Å². The van der Waals surface area contributed by atoms with E-state index in [1.807, 2.05) is 0 Å². The molecule has 0 aliphatic rings. The first-order valence-electron chi connectivity index (χ1n) is 6.81. The van der Waals surface area contributed by atoms with E-state index in [4.69, 9.17) is 27.7 Å². The molecule has 9 heteroatoms. The average Bonchev–Trinajstić information content (AvgIpc) is 2.92. The lowest BCUT2D eigenvalue weighted by Crippen LogP contribution is -2.27. The van der Waals surface area contributed by atoms with E-state index in [1.165, 1.54) is 6.07 Å². The Bertz CT molecular complexity index is 1010. The van der Waals surface area contributed by atoms with Gasteiger partial charge >= 0.3 is 5.56 Å². The van der Waals surface area contributed by atoms with Crippen LogP contribution < -0.4 is 10.9 Å². The number of benzene rings is 1. The summed E-state index contributed by atoms with van der Waals surface area (Å²) >= 11 is 11.7. The van der Waals surface area contributed by atoms with E-state index < -0.39 is 17.2 Å². The number of nitrogens with one attached hydrogen (secondary N) is 1. The van der Waals surface area contributed by atoms with Crippen LogP contribution in [0.5, 0.6) is 5.75 Å². The molecule has 0 radical (unpaired) electrons. The van der Waals surface area contributed by atoms with Crippen LogP contribution in [0.15, 0.2) is 33.6 Å². The van der Waals surface area contributed by atoms with E-state index in [2.05, 4.69) is 10.3 Å². The van der Waals surface area contributed by atoms with Crippen molar-refractivity contribution in [2.45, 2.75) is 13.5 Å². The van der Waals surface area contributed by atoms with Crippen molar-refractivity contribution in [3.05, 3.63) is 61.7 Å². The molecule has 0 unspecified atom stereocenters. The molecule has 2 heterocycles. The number of aryl methyl sites for hydroxylation is 1. The molecule has 3 aromatic rings. The fraction of sp³-hybridized carbons (Fsp3) is 0.133. The van der Waals surface area contributed by atoms with Crippen LogP contribution in [0.25, 0.3) is 5.65 Å². The van der Waals surface area contributed by atoms with Crippen LogP contribution in [0.4, 0.5) is 0 Å². The molecule has 0 spiro atoms. The number of hydrogen-bond donors (Lipinski definition) is 2. The van der Waals surface area contributed by atoms with Gasteiger partial charge in [0.2, 0.25) is 5.75 Å². The fourth-order valence-corrected chi connectivity index (χ4v) is 2.44. The number of nitrogens with zero attached hydrogens (tertiary/aromatic N) is 2. The molecule has 0 aliphatic heterocycles. The van der Waals surface area contributed by atoms with Crippen LogP contribution in [0.3, 0.4) is 0 Å². The Morgan fingerprint density at radius 2 is 2.08 bits per heavy atom. The Morgan fingerprint density at radius 3 is 2.79 bits per heavy atom. The smallest absolute Gasteiger partial charge is 0.330 e. The van der Waals surface area contributed by atoms with Gasteiger partial charge in [0.05, 0.1) is 10.0 Å². The Balaban J connectivity index is 1.87. The van der Waals surface area contributed by atoms with Crippen LogP contribution >= 0.6 is 23.2 Å². The van der Waals surface area contributed by atoms with Crippen LogP contribution in [-0.2, 0) is 6.54 Å². The van der Waals surface area contributed by atoms with Gasteiger partial charge in [0.15, 0.2) is 11.3 Å². The standard InChI is InChI=1S/C15H11Cl2N3O4/c1-7-4-11-19-12(13(21)15(23)20(11)24-7)14(22)18-6-8-2-3-9(16)10(17)5-8/h2-5,21H,6H2,1H3,(H,18,22). The summed E-state index contributed by atoms with van der Waals surface area (Å²) in [6.45, 7) is 1.75. The third-order valence-corrected chi connectivity index (χ3v) is 4.00. The van der Waals surface area contributed by atoms with Gasteiger partial charge in [-0.1, -0.05) is 29.3 Å². The molecule has 1 amide bonds. The molecule has 0 aliphatic carbocycles. The average molecular weight is 368 g/mol. The Morgan fingerprint density at radius 1 is 1.33 bits per heavy atom. The van der Waals surface area contributed by atoms with Gasteiger partial charge in [0, 0.05) is 12.6 Å². The van der Waals surface area contributed by atoms with Gasteiger partial charge in [-0.05, 0) is 24.6 Å². The highest BCUT2D eigenvalue weighted by atomic mass is 35.5. The lowest BCUT2D eigenvalue weighted by molar-refractivity contribution is 0.0942. The Kier molecular flexibility index (Phi) is 4.21. The van der Waals surface area contributed by atoms with Gasteiger partial charge in [-0.25, -0.2) is 4.98 Å². The zero-order chi connectivity index (χ0) is 17.4. The van der Waals surface area contributed by atoms with Crippen molar-refractivity contribution < 1.29 is 14.4 Å². The fourth-order valence-electron chi connectivity index (χ4n) is 2.12. The van der Waals surface area contributed by atoms with E-state index in [0.29, 0.717) is 21.4 Å². The number of aromatic hydroxyl groups is 1. The van der Waals surface area contributed by atoms with E-state index in [0.717, 1.165) is 4.57 Å². The quantitative estimate of drug-likeness (QED) is 0.741. The minimum Gasteiger partial charge on any atom is -0.501 e. The minimum absolute atomic E-state index is 0.126. The SMILES string of the molecule is Cc1cc2nc(C(=O)NCc3ccc(Cl)c(Cl)c3)c(O)c(=O)n2o1. The van der Waals surface area contributed by atoms with Crippen LogP contribution in [0, 0.1) is 6.92 Å². The highest BCUT2D eigenvalue weighted by molar-refractivity contribution is 6.42. The molecule has 0 bridgehead atoms. The summed E-state index contributed by atoms with van der Waals surface area (Å²) in [5.41, 5.74) is -0.391. The van der Waals surface area contributed by atoms with Crippen molar-refractivity contribution in [2.24, 2.45) is 0 Å². The molecule has 0 atom stereocenters. The molecular weight excluding hydrogens is 357 g/mol. The first-order chi connectivity index (χ1) is 11.4. The van der Waals surface area contributed by atoms with Gasteiger partial charge in [0.25, 0.3) is 5.91 Å². The summed E-state index contributed by atoms with van der Waals surface area (Å²) in [4.78, 5) is 28.2. The van der Waals surface area contributed by atoms with Gasteiger partial charge in [-0.2, -0.15) is 0 Å². The molecule has 2 N–H and O–H groups in total. The zero-order valence-corrected chi connectivity index (χ0v) is 13.9. The van der Waals surface area contributed by atoms with Crippen molar-refractivity contribution in [1.29, 1.82) is 0 Å². The molecule has 24 heavy (non-hydrogen) atoms. The molecule has 0 fully saturated rings. The van der Waals surface area contributed by atoms with E-state index in [9.17, 15) is 14.7 Å². The topological polar surface area (TPSA) is 96.8 Å². The maximum Gasteiger partial charge on any atom is 0.330 e. The van der Waals surface area contributed by atoms with Crippen molar-refractivity contribution >= 4 is 34.8 Å². The van der Waals surface area contributed by atoms with Gasteiger partial charge in [-0.15, -0.1) is 4.57 Å². The predicted octanol–water partition coefficient (Wildman–Crippen LogP) is 2.54. The second-order valence-corrected chi connectivity index (χ2v) is 5.86. The van der Waals surface area contributed by atoms with E-state index in [1.54, 1.807) is 25.1 Å². The second kappa shape index (κ2) is 6.18. The molecule has 1 aromatic carbocycles. The van der Waals surface area contributed by atoms with Crippen molar-refractivity contribution in [2.75, 3.05) is 0 Å². The summed E-state index contributed by atoms with van der Waals surface area (Å²) in [7, 11) is 0. The monoisotopic (exact) mass is 367 g/mol. The number of fused-ring (bicyclic) bond motifs is 1. The summed E-state index contributed by atoms with van der Waals surface area (Å²) < 4.78 is 5.91. The molecule has 7 nitrogen and oxygen atoms in total. The number of carbonyl (C=O) groups is 1. The maximum absolute atomic E-state index is 12.2. The summed E-state index contributed by atoms with van der Waals surface area (Å²) in [5.74, 6) is -1.06. The molecule has 124 valence electrons. The third kappa shape index (κ3) is 2.95. The number of hydrogen-bond acceptors (Lipinski definition) is 5. The highest BCUT2D eigenvalue weighted by Crippen LogP contribution is 2.22. The molecule has 0 saturated heterocycles. The second-order valence-electron chi connectivity index (χ2n) is 5.04. The van der Waals surface area contributed by atoms with Crippen molar-refractivity contribution in [3.8, 4) is 5.75 Å². The minimum atomic E-state index is -0.854. The lowest BCUT2D eigenvalue weighted by Gasteiger charge is -2.07. The van der Waals surface area contributed by atoms with Crippen molar-refractivity contribution in [1.82, 2.24) is 14.9 Å². The largest absolute Gasteiger partial charge is 0.501 e. The van der Waals surface area contributed by atoms with Crippen LogP contribution in [-0.4, -0.2) is 20.6 Å². The number of halogens is 2. The number of rotatable bonds is 3. The van der Waals surface area contributed by atoms with Gasteiger partial charge in [-0.3, -0.25) is 9.59 Å². The first-order valence-corrected chi connectivity index (χ1v) is 7.57. The van der Waals surface area contributed by atoms with Crippen molar-refractivity contribution in [3.63, 3.8) is 0 Å². The van der Waals surface area contributed by atoms with Crippen LogP contribution in [0.2, 0.25) is 10.0 Å². The summed E-state index contributed by atoms with van der Waals surface area (Å²) in [5, 5.41) is 13.2. The van der Waals surface area contributed by atoms with Gasteiger partial charge < -0.3 is 14.9 Å². The lowest BCUT2D eigenvalue weighted by atomic mass is 10.2. The summed E-state index contributed by atoms with van der Waals surface area (Å²) in [6, 6.07) is 6.39. The molecule has 2 aromatic heterocycles. The summed E-state index contributed by atoms with van der Waals surface area (Å²) in [6.07, 6.45) is 0. The number of aromatic nitrogens is 2. The van der Waals surface area contributed by atoms with E-state index in [-0.39, 0.29) is 17.9 Å². The molecular formula is C15H11Cl2N3O4. The highest BCUT2D eigenvalue weighted by Gasteiger charge is 2.20. The Hall–Kier alpha value is -2.51. The normalized spacial score (nSPS) is 11.0. The Labute approximate surface area is 145 Å². The molecule has 0 saturated carbocycles. The predicted molar refractivity (Wildman–Crippen MR) is 87.8 cm³/mol. The molecule has 3 rings (SSSR count). The third-order valence-electron chi connectivity index (χ3n) is 3.27. The van der Waals surface area contributed by atoms with E-state index >= 15 is 0 Å².